The largest absolute Gasteiger partial charge is 0.548 e. The monoisotopic (exact) mass is 359 g/mol. The van der Waals surface area contributed by atoms with Crippen LogP contribution in [-0.4, -0.2) is 29.7 Å². The van der Waals surface area contributed by atoms with Crippen molar-refractivity contribution in [1.29, 1.82) is 0 Å². The van der Waals surface area contributed by atoms with Gasteiger partial charge in [-0.15, -0.1) is 11.3 Å². The number of benzene rings is 1. The van der Waals surface area contributed by atoms with Crippen LogP contribution in [0.5, 0.6) is 11.5 Å². The van der Waals surface area contributed by atoms with E-state index >= 15 is 0 Å². The van der Waals surface area contributed by atoms with E-state index in [9.17, 15) is 14.7 Å². The molecular formula is C17H15N2O5S-. The fourth-order valence-electron chi connectivity index (χ4n) is 2.55. The molecule has 0 fully saturated rings. The van der Waals surface area contributed by atoms with Crippen molar-refractivity contribution in [3.05, 3.63) is 40.3 Å². The van der Waals surface area contributed by atoms with Crippen LogP contribution in [0.3, 0.4) is 0 Å². The van der Waals surface area contributed by atoms with E-state index < -0.39 is 17.6 Å². The van der Waals surface area contributed by atoms with Crippen LogP contribution < -0.4 is 20.1 Å². The third kappa shape index (κ3) is 2.85. The molecule has 8 heteroatoms. The highest BCUT2D eigenvalue weighted by Gasteiger charge is 2.17. The molecule has 0 bridgehead atoms. The number of thiophene rings is 1. The first-order valence-corrected chi connectivity index (χ1v) is 8.27. The molecule has 25 heavy (non-hydrogen) atoms. The van der Waals surface area contributed by atoms with Gasteiger partial charge in [-0.1, -0.05) is 6.07 Å². The summed E-state index contributed by atoms with van der Waals surface area (Å²) in [5, 5.41) is 13.3. The van der Waals surface area contributed by atoms with Gasteiger partial charge in [0.1, 0.15) is 4.83 Å². The van der Waals surface area contributed by atoms with E-state index in [0.717, 1.165) is 10.1 Å². The molecule has 7 nitrogen and oxygen atoms in total. The van der Waals surface area contributed by atoms with Crippen LogP contribution in [-0.2, 0) is 4.79 Å². The summed E-state index contributed by atoms with van der Waals surface area (Å²) < 4.78 is 11.6. The van der Waals surface area contributed by atoms with Crippen LogP contribution in [0, 0.1) is 0 Å². The van der Waals surface area contributed by atoms with E-state index in [0.29, 0.717) is 27.3 Å². The molecule has 0 amide bonds. The lowest BCUT2D eigenvalue weighted by Crippen LogP contribution is -2.36. The number of carbonyl (C=O) groups excluding carboxylic acids is 1. The lowest BCUT2D eigenvalue weighted by molar-refractivity contribution is -0.309. The predicted octanol–water partition coefficient (Wildman–Crippen LogP) is 1.45. The molecule has 1 atom stereocenters. The number of carbonyl (C=O) groups is 1. The number of aliphatic carboxylic acids is 1. The second kappa shape index (κ2) is 6.56. The second-order valence-corrected chi connectivity index (χ2v) is 6.21. The molecule has 130 valence electrons. The fraction of sp³-hybridized carbons (Fsp3) is 0.235. The van der Waals surface area contributed by atoms with Crippen LogP contribution in [0.1, 0.15) is 13.0 Å². The molecule has 0 aliphatic heterocycles. The van der Waals surface area contributed by atoms with E-state index in [2.05, 4.69) is 4.98 Å². The van der Waals surface area contributed by atoms with Gasteiger partial charge in [0.25, 0.3) is 5.56 Å². The van der Waals surface area contributed by atoms with Crippen LogP contribution in [0.4, 0.5) is 0 Å². The molecule has 1 aromatic carbocycles. The molecule has 1 unspecified atom stereocenters. The van der Waals surface area contributed by atoms with Gasteiger partial charge in [0.2, 0.25) is 0 Å². The number of aromatic nitrogens is 2. The quantitative estimate of drug-likeness (QED) is 0.684. The maximum absolute atomic E-state index is 12.8. The number of nitrogens with zero attached hydrogens (tertiary/aromatic N) is 2. The number of carboxylic acid groups (broad SMARTS) is 1. The van der Waals surface area contributed by atoms with Gasteiger partial charge in [0, 0.05) is 10.9 Å². The Hall–Kier alpha value is -2.87. The Kier molecular flexibility index (Phi) is 4.45. The molecule has 2 aromatic heterocycles. The second-order valence-electron chi connectivity index (χ2n) is 5.35. The summed E-state index contributed by atoms with van der Waals surface area (Å²) >= 11 is 1.32. The zero-order valence-electron chi connectivity index (χ0n) is 13.8. The smallest absolute Gasteiger partial charge is 0.263 e. The molecular weight excluding hydrogens is 344 g/mol. The SMILES string of the molecule is COc1ccc(-c2csc3ncn(C(C)C(=O)[O-])c(=O)c23)cc1OC. The van der Waals surface area contributed by atoms with Crippen molar-refractivity contribution in [2.75, 3.05) is 14.2 Å². The maximum atomic E-state index is 12.8. The summed E-state index contributed by atoms with van der Waals surface area (Å²) in [5.74, 6) is -0.232. The summed E-state index contributed by atoms with van der Waals surface area (Å²) in [6, 6.07) is 4.21. The molecule has 0 radical (unpaired) electrons. The van der Waals surface area contributed by atoms with Gasteiger partial charge in [0.05, 0.1) is 37.9 Å². The third-order valence-electron chi connectivity index (χ3n) is 3.97. The topological polar surface area (TPSA) is 93.5 Å². The van der Waals surface area contributed by atoms with Crippen molar-refractivity contribution in [1.82, 2.24) is 9.55 Å². The van der Waals surface area contributed by atoms with E-state index in [-0.39, 0.29) is 0 Å². The Morgan fingerprint density at radius 2 is 2.00 bits per heavy atom. The molecule has 0 N–H and O–H groups in total. The Morgan fingerprint density at radius 3 is 2.64 bits per heavy atom. The summed E-state index contributed by atoms with van der Waals surface area (Å²) in [4.78, 5) is 28.6. The maximum Gasteiger partial charge on any atom is 0.263 e. The first-order valence-electron chi connectivity index (χ1n) is 7.39. The van der Waals surface area contributed by atoms with Gasteiger partial charge in [-0.05, 0) is 24.6 Å². The highest BCUT2D eigenvalue weighted by Crippen LogP contribution is 2.36. The number of fused-ring (bicyclic) bond motifs is 1. The van der Waals surface area contributed by atoms with Crippen molar-refractivity contribution in [2.45, 2.75) is 13.0 Å². The van der Waals surface area contributed by atoms with Gasteiger partial charge in [0.15, 0.2) is 11.5 Å². The van der Waals surface area contributed by atoms with Gasteiger partial charge in [-0.25, -0.2) is 4.98 Å². The minimum atomic E-state index is -1.34. The lowest BCUT2D eigenvalue weighted by Gasteiger charge is -2.15. The van der Waals surface area contributed by atoms with Gasteiger partial charge < -0.3 is 19.4 Å². The molecule has 3 aromatic rings. The zero-order chi connectivity index (χ0) is 18.1. The number of hydrogen-bond acceptors (Lipinski definition) is 7. The van der Waals surface area contributed by atoms with Crippen LogP contribution in [0.25, 0.3) is 21.3 Å². The lowest BCUT2D eigenvalue weighted by atomic mass is 10.1. The minimum Gasteiger partial charge on any atom is -0.548 e. The highest BCUT2D eigenvalue weighted by atomic mass is 32.1. The Labute approximate surface area is 147 Å². The molecule has 0 saturated carbocycles. The minimum absolute atomic E-state index is 0.368. The summed E-state index contributed by atoms with van der Waals surface area (Å²) in [6.07, 6.45) is 1.24. The average Bonchev–Trinajstić information content (AvgIpc) is 3.05. The number of methoxy groups -OCH3 is 2. The standard InChI is InChI=1S/C17H16N2O5S/c1-9(17(21)22)19-8-18-15-14(16(19)20)11(7-25-15)10-4-5-12(23-2)13(6-10)24-3/h4-9H,1-3H3,(H,21,22)/p-1. The summed E-state index contributed by atoms with van der Waals surface area (Å²) in [6.45, 7) is 1.38. The van der Waals surface area contributed by atoms with Crippen molar-refractivity contribution in [3.63, 3.8) is 0 Å². The molecule has 2 heterocycles. The number of ether oxygens (including phenoxy) is 2. The number of rotatable bonds is 5. The molecule has 0 saturated heterocycles. The number of hydrogen-bond donors (Lipinski definition) is 0. The van der Waals surface area contributed by atoms with Crippen LogP contribution >= 0.6 is 11.3 Å². The zero-order valence-corrected chi connectivity index (χ0v) is 14.6. The van der Waals surface area contributed by atoms with Crippen molar-refractivity contribution in [3.8, 4) is 22.6 Å². The van der Waals surface area contributed by atoms with Crippen molar-refractivity contribution in [2.24, 2.45) is 0 Å². The molecule has 3 rings (SSSR count). The normalized spacial score (nSPS) is 12.1. The van der Waals surface area contributed by atoms with Crippen molar-refractivity contribution < 1.29 is 19.4 Å². The summed E-state index contributed by atoms with van der Waals surface area (Å²) in [7, 11) is 3.07. The van der Waals surface area contributed by atoms with Gasteiger partial charge in [-0.3, -0.25) is 9.36 Å². The third-order valence-corrected chi connectivity index (χ3v) is 4.86. The first kappa shape index (κ1) is 17.0. The average molecular weight is 359 g/mol. The molecule has 0 spiro atoms. The van der Waals surface area contributed by atoms with Gasteiger partial charge in [-0.2, -0.15) is 0 Å². The van der Waals surface area contributed by atoms with E-state index in [4.69, 9.17) is 9.47 Å². The van der Waals surface area contributed by atoms with Gasteiger partial charge >= 0.3 is 0 Å². The van der Waals surface area contributed by atoms with Crippen molar-refractivity contribution >= 4 is 27.5 Å². The molecule has 0 aliphatic carbocycles. The highest BCUT2D eigenvalue weighted by molar-refractivity contribution is 7.17. The number of carboxylic acids is 1. The van der Waals surface area contributed by atoms with E-state index in [1.807, 2.05) is 11.4 Å². The van der Waals surface area contributed by atoms with E-state index in [1.54, 1.807) is 19.2 Å². The first-order chi connectivity index (χ1) is 12.0. The summed E-state index contributed by atoms with van der Waals surface area (Å²) in [5.41, 5.74) is 0.993. The van der Waals surface area contributed by atoms with Crippen LogP contribution in [0.15, 0.2) is 34.7 Å². The Balaban J connectivity index is 2.23. The predicted molar refractivity (Wildman–Crippen MR) is 92.1 cm³/mol. The Bertz CT molecular complexity index is 1010. The fourth-order valence-corrected chi connectivity index (χ4v) is 3.46. The van der Waals surface area contributed by atoms with E-state index in [1.165, 1.54) is 31.7 Å². The van der Waals surface area contributed by atoms with Crippen LogP contribution in [0.2, 0.25) is 0 Å². The Morgan fingerprint density at radius 1 is 1.28 bits per heavy atom. The molecule has 0 aliphatic rings.